The molecule has 27 heavy (non-hydrogen) atoms. The van der Waals surface area contributed by atoms with Crippen molar-refractivity contribution in [1.29, 1.82) is 0 Å². The van der Waals surface area contributed by atoms with E-state index in [2.05, 4.69) is 20.5 Å². The van der Waals surface area contributed by atoms with E-state index in [0.717, 1.165) is 29.3 Å². The van der Waals surface area contributed by atoms with Crippen LogP contribution in [0.2, 0.25) is 0 Å². The van der Waals surface area contributed by atoms with Crippen LogP contribution in [0.4, 0.5) is 5.13 Å². The average molecular weight is 386 g/mol. The van der Waals surface area contributed by atoms with Gasteiger partial charge in [-0.15, -0.1) is 11.3 Å². The molecule has 8 nitrogen and oxygen atoms in total. The average Bonchev–Trinajstić information content (AvgIpc) is 3.40. The molecular weight excluding hydrogens is 368 g/mol. The van der Waals surface area contributed by atoms with Gasteiger partial charge in [0.15, 0.2) is 10.9 Å². The summed E-state index contributed by atoms with van der Waals surface area (Å²) >= 11 is 1.43. The molecule has 140 valence electrons. The quantitative estimate of drug-likeness (QED) is 0.674. The predicted octanol–water partition coefficient (Wildman–Crippen LogP) is 2.26. The van der Waals surface area contributed by atoms with Gasteiger partial charge in [0.05, 0.1) is 31.3 Å². The molecule has 0 fully saturated rings. The van der Waals surface area contributed by atoms with Crippen LogP contribution in [-0.4, -0.2) is 34.8 Å². The third-order valence-electron chi connectivity index (χ3n) is 4.18. The van der Waals surface area contributed by atoms with Crippen LogP contribution in [0.15, 0.2) is 45.6 Å². The highest BCUT2D eigenvalue weighted by atomic mass is 32.1. The summed E-state index contributed by atoms with van der Waals surface area (Å²) in [6.45, 7) is 2.08. The normalized spacial score (nSPS) is 13.9. The number of anilines is 1. The molecule has 0 aliphatic carbocycles. The zero-order valence-electron chi connectivity index (χ0n) is 14.4. The molecule has 1 aliphatic rings. The van der Waals surface area contributed by atoms with E-state index in [1.54, 1.807) is 24.5 Å². The highest BCUT2D eigenvalue weighted by Crippen LogP contribution is 2.28. The first-order valence-electron chi connectivity index (χ1n) is 8.52. The fraction of sp³-hybridized carbons (Fsp3) is 0.278. The summed E-state index contributed by atoms with van der Waals surface area (Å²) in [6, 6.07) is 6.88. The molecule has 9 heteroatoms. The van der Waals surface area contributed by atoms with Gasteiger partial charge in [-0.25, -0.2) is 4.98 Å². The molecule has 2 amide bonds. The molecule has 0 atom stereocenters. The minimum absolute atomic E-state index is 0.0503. The van der Waals surface area contributed by atoms with E-state index in [4.69, 9.17) is 8.83 Å². The molecule has 2 N–H and O–H groups in total. The van der Waals surface area contributed by atoms with E-state index >= 15 is 0 Å². The molecule has 3 aromatic rings. The summed E-state index contributed by atoms with van der Waals surface area (Å²) < 4.78 is 10.3. The summed E-state index contributed by atoms with van der Waals surface area (Å²) in [6.07, 6.45) is 3.78. The first kappa shape index (κ1) is 17.5. The van der Waals surface area contributed by atoms with Crippen LogP contribution in [0.25, 0.3) is 0 Å². The summed E-state index contributed by atoms with van der Waals surface area (Å²) in [4.78, 5) is 31.8. The predicted molar refractivity (Wildman–Crippen MR) is 98.3 cm³/mol. The van der Waals surface area contributed by atoms with E-state index in [1.165, 1.54) is 17.6 Å². The number of rotatable bonds is 6. The highest BCUT2D eigenvalue weighted by molar-refractivity contribution is 7.15. The molecule has 0 saturated heterocycles. The van der Waals surface area contributed by atoms with E-state index in [0.29, 0.717) is 24.8 Å². The monoisotopic (exact) mass is 386 g/mol. The number of nitrogens with one attached hydrogen (secondary N) is 2. The Morgan fingerprint density at radius 1 is 1.22 bits per heavy atom. The van der Waals surface area contributed by atoms with Gasteiger partial charge < -0.3 is 14.2 Å². The molecule has 1 aliphatic heterocycles. The van der Waals surface area contributed by atoms with Crippen molar-refractivity contribution in [1.82, 2.24) is 15.2 Å². The Kier molecular flexibility index (Phi) is 5.03. The summed E-state index contributed by atoms with van der Waals surface area (Å²) in [5, 5.41) is 6.16. The first-order valence-corrected chi connectivity index (χ1v) is 9.34. The Balaban J connectivity index is 1.31. The van der Waals surface area contributed by atoms with E-state index in [9.17, 15) is 9.59 Å². The van der Waals surface area contributed by atoms with Crippen molar-refractivity contribution in [2.75, 3.05) is 18.4 Å². The maximum atomic E-state index is 12.1. The molecule has 3 aromatic heterocycles. The van der Waals surface area contributed by atoms with Crippen LogP contribution < -0.4 is 10.6 Å². The van der Waals surface area contributed by atoms with Crippen molar-refractivity contribution in [3.63, 3.8) is 0 Å². The second-order valence-electron chi connectivity index (χ2n) is 6.14. The van der Waals surface area contributed by atoms with Crippen molar-refractivity contribution in [3.05, 3.63) is 58.9 Å². The van der Waals surface area contributed by atoms with Crippen molar-refractivity contribution in [2.24, 2.45) is 0 Å². The smallest absolute Gasteiger partial charge is 0.293 e. The van der Waals surface area contributed by atoms with Crippen LogP contribution in [0.1, 0.15) is 26.9 Å². The Morgan fingerprint density at radius 3 is 2.85 bits per heavy atom. The number of thiazole rings is 1. The van der Waals surface area contributed by atoms with E-state index < -0.39 is 0 Å². The molecule has 0 aromatic carbocycles. The number of nitrogens with zero attached hydrogens (tertiary/aromatic N) is 2. The first-order chi connectivity index (χ1) is 13.2. The van der Waals surface area contributed by atoms with Crippen LogP contribution in [0, 0.1) is 0 Å². The van der Waals surface area contributed by atoms with Gasteiger partial charge in [0.1, 0.15) is 5.76 Å². The van der Waals surface area contributed by atoms with Gasteiger partial charge in [0.2, 0.25) is 5.91 Å². The SMILES string of the molecule is O=C(CN1CCc2nc(NC(=O)c3ccco3)sc2C1)NCc1ccco1. The molecule has 0 bridgehead atoms. The van der Waals surface area contributed by atoms with E-state index in [1.807, 2.05) is 6.07 Å². The largest absolute Gasteiger partial charge is 0.467 e. The number of amides is 2. The zero-order chi connectivity index (χ0) is 18.6. The van der Waals surface area contributed by atoms with Gasteiger partial charge in [0, 0.05) is 24.4 Å². The van der Waals surface area contributed by atoms with Crippen molar-refractivity contribution >= 4 is 28.3 Å². The van der Waals surface area contributed by atoms with Gasteiger partial charge in [-0.2, -0.15) is 0 Å². The van der Waals surface area contributed by atoms with Gasteiger partial charge in [-0.05, 0) is 24.3 Å². The van der Waals surface area contributed by atoms with Crippen LogP contribution in [-0.2, 0) is 24.3 Å². The second kappa shape index (κ2) is 7.77. The highest BCUT2D eigenvalue weighted by Gasteiger charge is 2.23. The maximum Gasteiger partial charge on any atom is 0.293 e. The fourth-order valence-electron chi connectivity index (χ4n) is 2.86. The molecule has 4 rings (SSSR count). The standard InChI is InChI=1S/C18H18N4O4S/c23-16(19-9-12-3-1-7-25-12)11-22-6-5-13-15(10-22)27-18(20-13)21-17(24)14-4-2-8-26-14/h1-4,7-8H,5-6,9-11H2,(H,19,23)(H,20,21,24). The third-order valence-corrected chi connectivity index (χ3v) is 5.18. The summed E-state index contributed by atoms with van der Waals surface area (Å²) in [7, 11) is 0. The lowest BCUT2D eigenvalue weighted by atomic mass is 10.2. The fourth-order valence-corrected chi connectivity index (χ4v) is 3.91. The van der Waals surface area contributed by atoms with Gasteiger partial charge in [-0.1, -0.05) is 0 Å². The topological polar surface area (TPSA) is 101 Å². The number of fused-ring (bicyclic) bond motifs is 1. The number of carbonyl (C=O) groups excluding carboxylic acids is 2. The molecule has 0 saturated carbocycles. The van der Waals surface area contributed by atoms with Crippen molar-refractivity contribution in [2.45, 2.75) is 19.5 Å². The third kappa shape index (κ3) is 4.26. The number of hydrogen-bond donors (Lipinski definition) is 2. The van der Waals surface area contributed by atoms with Gasteiger partial charge in [-0.3, -0.25) is 19.8 Å². The van der Waals surface area contributed by atoms with Gasteiger partial charge in [0.25, 0.3) is 5.91 Å². The summed E-state index contributed by atoms with van der Waals surface area (Å²) in [5.41, 5.74) is 0.974. The molecule has 4 heterocycles. The molecule has 0 spiro atoms. The number of carbonyl (C=O) groups is 2. The number of hydrogen-bond acceptors (Lipinski definition) is 7. The minimum Gasteiger partial charge on any atom is -0.467 e. The Hall–Kier alpha value is -2.91. The molecule has 0 unspecified atom stereocenters. The Labute approximate surface area is 159 Å². The van der Waals surface area contributed by atoms with Crippen LogP contribution in [0.3, 0.4) is 0 Å². The lowest BCUT2D eigenvalue weighted by Crippen LogP contribution is -2.39. The Morgan fingerprint density at radius 2 is 2.07 bits per heavy atom. The van der Waals surface area contributed by atoms with Crippen LogP contribution >= 0.6 is 11.3 Å². The molecular formula is C18H18N4O4S. The zero-order valence-corrected chi connectivity index (χ0v) is 15.3. The molecule has 0 radical (unpaired) electrons. The van der Waals surface area contributed by atoms with E-state index in [-0.39, 0.29) is 17.6 Å². The lowest BCUT2D eigenvalue weighted by molar-refractivity contribution is -0.122. The van der Waals surface area contributed by atoms with Crippen molar-refractivity contribution in [3.8, 4) is 0 Å². The van der Waals surface area contributed by atoms with Gasteiger partial charge >= 0.3 is 0 Å². The summed E-state index contributed by atoms with van der Waals surface area (Å²) in [5.74, 6) is 0.604. The Bertz CT molecular complexity index is 917. The number of furan rings is 2. The van der Waals surface area contributed by atoms with Crippen molar-refractivity contribution < 1.29 is 18.4 Å². The van der Waals surface area contributed by atoms with Crippen LogP contribution in [0.5, 0.6) is 0 Å². The minimum atomic E-state index is -0.319. The second-order valence-corrected chi connectivity index (χ2v) is 7.22. The maximum absolute atomic E-state index is 12.1. The lowest BCUT2D eigenvalue weighted by Gasteiger charge is -2.24. The number of aromatic nitrogens is 1.